The first-order valence-corrected chi connectivity index (χ1v) is 6.75. The Morgan fingerprint density at radius 2 is 2.25 bits per heavy atom. The molecule has 0 saturated heterocycles. The van der Waals surface area contributed by atoms with Gasteiger partial charge in [-0.1, -0.05) is 0 Å². The van der Waals surface area contributed by atoms with Crippen LogP contribution in [-0.2, 0) is 11.8 Å². The molecular weight excluding hydrogens is 280 g/mol. The van der Waals surface area contributed by atoms with Gasteiger partial charge in [0.2, 0.25) is 0 Å². The fourth-order valence-electron chi connectivity index (χ4n) is 1.63. The topological polar surface area (TPSA) is 97.1 Å². The summed E-state index contributed by atoms with van der Waals surface area (Å²) in [6, 6.07) is 0. The summed E-state index contributed by atoms with van der Waals surface area (Å²) in [6.45, 7) is 1.86. The number of amides is 1. The van der Waals surface area contributed by atoms with E-state index in [9.17, 15) is 9.59 Å². The third kappa shape index (κ3) is 3.21. The molecule has 0 unspecified atom stereocenters. The largest absolute Gasteiger partial charge is 0.481 e. The Hall–Kier alpha value is -2.22. The number of carbonyl (C=O) groups is 2. The van der Waals surface area contributed by atoms with Crippen LogP contribution in [0.2, 0.25) is 0 Å². The first-order valence-electron chi connectivity index (χ1n) is 5.94. The van der Waals surface area contributed by atoms with E-state index in [1.807, 2.05) is 13.2 Å². The number of aliphatic carboxylic acids is 1. The van der Waals surface area contributed by atoms with Gasteiger partial charge in [-0.3, -0.25) is 14.3 Å². The SMILES string of the molecule is Cc1nc(-c2cnn(C)c2)sc1C(=O)NCCC(=O)O. The zero-order valence-corrected chi connectivity index (χ0v) is 11.9. The molecule has 0 radical (unpaired) electrons. The van der Waals surface area contributed by atoms with E-state index in [0.717, 1.165) is 10.6 Å². The number of nitrogens with zero attached hydrogens (tertiary/aromatic N) is 3. The molecule has 0 spiro atoms. The summed E-state index contributed by atoms with van der Waals surface area (Å²) in [5, 5.41) is 15.9. The minimum Gasteiger partial charge on any atom is -0.481 e. The molecule has 8 heteroatoms. The van der Waals surface area contributed by atoms with E-state index >= 15 is 0 Å². The van der Waals surface area contributed by atoms with Crippen molar-refractivity contribution in [1.29, 1.82) is 0 Å². The van der Waals surface area contributed by atoms with Crippen molar-refractivity contribution in [2.24, 2.45) is 7.05 Å². The van der Waals surface area contributed by atoms with Gasteiger partial charge in [-0.05, 0) is 6.92 Å². The fourth-order valence-corrected chi connectivity index (χ4v) is 2.58. The van der Waals surface area contributed by atoms with Gasteiger partial charge in [-0.2, -0.15) is 5.10 Å². The van der Waals surface area contributed by atoms with Crippen molar-refractivity contribution in [2.75, 3.05) is 6.54 Å². The van der Waals surface area contributed by atoms with E-state index in [2.05, 4.69) is 15.4 Å². The minimum absolute atomic E-state index is 0.0982. The number of aromatic nitrogens is 3. The van der Waals surface area contributed by atoms with Crippen molar-refractivity contribution in [3.05, 3.63) is 23.0 Å². The Kier molecular flexibility index (Phi) is 4.14. The molecule has 0 fully saturated rings. The van der Waals surface area contributed by atoms with Crippen molar-refractivity contribution in [2.45, 2.75) is 13.3 Å². The summed E-state index contributed by atoms with van der Waals surface area (Å²) in [7, 11) is 1.81. The van der Waals surface area contributed by atoms with E-state index in [1.165, 1.54) is 11.3 Å². The highest BCUT2D eigenvalue weighted by molar-refractivity contribution is 7.17. The quantitative estimate of drug-likeness (QED) is 0.859. The molecule has 0 aliphatic carbocycles. The number of thiazole rings is 1. The average Bonchev–Trinajstić information content (AvgIpc) is 2.95. The number of hydrogen-bond acceptors (Lipinski definition) is 5. The average molecular weight is 294 g/mol. The molecule has 106 valence electrons. The number of carboxylic acids is 1. The zero-order chi connectivity index (χ0) is 14.7. The Bertz CT molecular complexity index is 647. The molecule has 2 aromatic heterocycles. The predicted octanol–water partition coefficient (Wildman–Crippen LogP) is 1.06. The lowest BCUT2D eigenvalue weighted by Gasteiger charge is -2.00. The van der Waals surface area contributed by atoms with Gasteiger partial charge in [-0.15, -0.1) is 11.3 Å². The van der Waals surface area contributed by atoms with Crippen molar-refractivity contribution >= 4 is 23.2 Å². The summed E-state index contributed by atoms with van der Waals surface area (Å²) < 4.78 is 1.67. The van der Waals surface area contributed by atoms with Gasteiger partial charge in [0.05, 0.1) is 18.3 Å². The maximum atomic E-state index is 11.9. The first kappa shape index (κ1) is 14.2. The molecule has 0 aromatic carbocycles. The van der Waals surface area contributed by atoms with Crippen molar-refractivity contribution < 1.29 is 14.7 Å². The molecule has 1 amide bonds. The van der Waals surface area contributed by atoms with Crippen LogP contribution in [0.25, 0.3) is 10.6 Å². The predicted molar refractivity (Wildman–Crippen MR) is 73.6 cm³/mol. The molecule has 2 heterocycles. The van der Waals surface area contributed by atoms with Crippen molar-refractivity contribution in [3.63, 3.8) is 0 Å². The summed E-state index contributed by atoms with van der Waals surface area (Å²) in [5.74, 6) is -1.24. The summed E-state index contributed by atoms with van der Waals surface area (Å²) in [4.78, 5) is 27.2. The Morgan fingerprint density at radius 3 is 2.85 bits per heavy atom. The summed E-state index contributed by atoms with van der Waals surface area (Å²) in [6.07, 6.45) is 3.41. The van der Waals surface area contributed by atoms with Gasteiger partial charge < -0.3 is 10.4 Å². The molecule has 0 aliphatic heterocycles. The van der Waals surface area contributed by atoms with Gasteiger partial charge in [0.15, 0.2) is 0 Å². The molecule has 2 rings (SSSR count). The van der Waals surface area contributed by atoms with Crippen LogP contribution in [0, 0.1) is 6.92 Å². The second kappa shape index (κ2) is 5.83. The number of hydrogen-bond donors (Lipinski definition) is 2. The van der Waals surface area contributed by atoms with Crippen LogP contribution in [0.5, 0.6) is 0 Å². The van der Waals surface area contributed by atoms with Crippen LogP contribution in [0.15, 0.2) is 12.4 Å². The highest BCUT2D eigenvalue weighted by Crippen LogP contribution is 2.27. The second-order valence-corrected chi connectivity index (χ2v) is 5.23. The van der Waals surface area contributed by atoms with Gasteiger partial charge >= 0.3 is 5.97 Å². The third-order valence-corrected chi connectivity index (χ3v) is 3.78. The van der Waals surface area contributed by atoms with E-state index < -0.39 is 5.97 Å². The molecule has 0 bridgehead atoms. The number of nitrogens with one attached hydrogen (secondary N) is 1. The van der Waals surface area contributed by atoms with Crippen LogP contribution in [0.1, 0.15) is 21.8 Å². The molecular formula is C12H14N4O3S. The highest BCUT2D eigenvalue weighted by Gasteiger charge is 2.16. The minimum atomic E-state index is -0.942. The van der Waals surface area contributed by atoms with Crippen LogP contribution >= 0.6 is 11.3 Å². The number of aryl methyl sites for hydroxylation is 2. The molecule has 0 atom stereocenters. The van der Waals surface area contributed by atoms with Gasteiger partial charge in [0, 0.05) is 25.4 Å². The first-order chi connectivity index (χ1) is 9.47. The van der Waals surface area contributed by atoms with Gasteiger partial charge in [0.1, 0.15) is 9.88 Å². The fraction of sp³-hybridized carbons (Fsp3) is 0.333. The zero-order valence-electron chi connectivity index (χ0n) is 11.1. The van der Waals surface area contributed by atoms with Crippen LogP contribution in [0.3, 0.4) is 0 Å². The van der Waals surface area contributed by atoms with E-state index in [1.54, 1.807) is 17.8 Å². The maximum absolute atomic E-state index is 11.9. The Balaban J connectivity index is 2.11. The number of carbonyl (C=O) groups excluding carboxylic acids is 1. The molecule has 20 heavy (non-hydrogen) atoms. The molecule has 2 N–H and O–H groups in total. The summed E-state index contributed by atoms with van der Waals surface area (Å²) in [5.41, 5.74) is 1.48. The molecule has 7 nitrogen and oxygen atoms in total. The second-order valence-electron chi connectivity index (χ2n) is 4.24. The van der Waals surface area contributed by atoms with Gasteiger partial charge in [-0.25, -0.2) is 4.98 Å². The standard InChI is InChI=1S/C12H14N4O3S/c1-7-10(11(19)13-4-3-9(17)18)20-12(15-7)8-5-14-16(2)6-8/h5-6H,3-4H2,1-2H3,(H,13,19)(H,17,18). The van der Waals surface area contributed by atoms with E-state index in [-0.39, 0.29) is 18.9 Å². The van der Waals surface area contributed by atoms with Crippen LogP contribution in [0.4, 0.5) is 0 Å². The smallest absolute Gasteiger partial charge is 0.305 e. The van der Waals surface area contributed by atoms with Crippen molar-refractivity contribution in [3.8, 4) is 10.6 Å². The van der Waals surface area contributed by atoms with Crippen LogP contribution < -0.4 is 5.32 Å². The number of rotatable bonds is 5. The maximum Gasteiger partial charge on any atom is 0.305 e. The third-order valence-electron chi connectivity index (χ3n) is 2.58. The molecule has 2 aromatic rings. The Labute approximate surface area is 119 Å². The summed E-state index contributed by atoms with van der Waals surface area (Å²) >= 11 is 1.27. The van der Waals surface area contributed by atoms with Crippen LogP contribution in [-0.4, -0.2) is 38.3 Å². The lowest BCUT2D eigenvalue weighted by Crippen LogP contribution is -2.25. The monoisotopic (exact) mass is 294 g/mol. The van der Waals surface area contributed by atoms with E-state index in [4.69, 9.17) is 5.11 Å². The lowest BCUT2D eigenvalue weighted by atomic mass is 10.3. The van der Waals surface area contributed by atoms with Gasteiger partial charge in [0.25, 0.3) is 5.91 Å². The number of carboxylic acid groups (broad SMARTS) is 1. The van der Waals surface area contributed by atoms with Crippen molar-refractivity contribution in [1.82, 2.24) is 20.1 Å². The normalized spacial score (nSPS) is 10.5. The van der Waals surface area contributed by atoms with E-state index in [0.29, 0.717) is 10.6 Å². The Morgan fingerprint density at radius 1 is 1.50 bits per heavy atom. The molecule has 0 saturated carbocycles. The lowest BCUT2D eigenvalue weighted by molar-refractivity contribution is -0.136. The highest BCUT2D eigenvalue weighted by atomic mass is 32.1. The molecule has 0 aliphatic rings.